The van der Waals surface area contributed by atoms with Gasteiger partial charge >= 0.3 is 0 Å². The summed E-state index contributed by atoms with van der Waals surface area (Å²) in [4.78, 5) is 25.7. The Kier molecular flexibility index (Phi) is 6.45. The van der Waals surface area contributed by atoms with E-state index in [2.05, 4.69) is 5.32 Å². The van der Waals surface area contributed by atoms with Gasteiger partial charge < -0.3 is 19.7 Å². The van der Waals surface area contributed by atoms with Crippen LogP contribution in [0, 0.1) is 0 Å². The summed E-state index contributed by atoms with van der Waals surface area (Å²) in [6, 6.07) is -0.0720. The van der Waals surface area contributed by atoms with Crippen molar-refractivity contribution in [3.63, 3.8) is 0 Å². The van der Waals surface area contributed by atoms with E-state index in [0.717, 1.165) is 25.8 Å². The van der Waals surface area contributed by atoms with Crippen molar-refractivity contribution in [1.82, 2.24) is 10.2 Å². The van der Waals surface area contributed by atoms with Gasteiger partial charge in [0.15, 0.2) is 0 Å². The minimum Gasteiger partial charge on any atom is -0.376 e. The Hall–Kier alpha value is -1.14. The molecule has 6 nitrogen and oxygen atoms in total. The number of ether oxygens (including phenoxy) is 2. The number of carbonyl (C=O) groups excluding carboxylic acids is 2. The molecule has 0 aromatic rings. The third-order valence-electron chi connectivity index (χ3n) is 4.04. The van der Waals surface area contributed by atoms with Gasteiger partial charge in [0.2, 0.25) is 11.8 Å². The van der Waals surface area contributed by atoms with Gasteiger partial charge in [0.25, 0.3) is 0 Å². The molecular formula is C15H26N2O4. The number of rotatable bonds is 6. The predicted molar refractivity (Wildman–Crippen MR) is 77.8 cm³/mol. The zero-order valence-electron chi connectivity index (χ0n) is 12.8. The second-order valence-corrected chi connectivity index (χ2v) is 5.65. The highest BCUT2D eigenvalue weighted by Crippen LogP contribution is 2.12. The van der Waals surface area contributed by atoms with Crippen LogP contribution < -0.4 is 5.32 Å². The molecule has 0 bridgehead atoms. The van der Waals surface area contributed by atoms with Gasteiger partial charge in [0, 0.05) is 32.5 Å². The van der Waals surface area contributed by atoms with Crippen molar-refractivity contribution in [2.45, 2.75) is 51.2 Å². The van der Waals surface area contributed by atoms with Crippen molar-refractivity contribution < 1.29 is 19.1 Å². The fraction of sp³-hybridized carbons (Fsp3) is 0.867. The SMILES string of the molecule is CCO[C@H]1COC[C@@H]1NC(=O)CCN1CCCCCC1=O. The Morgan fingerprint density at radius 3 is 3.05 bits per heavy atom. The normalized spacial score (nSPS) is 26.7. The molecule has 2 saturated heterocycles. The standard InChI is InChI=1S/C15H26N2O4/c1-2-21-13-11-20-10-12(13)16-14(18)7-9-17-8-5-3-4-6-15(17)19/h12-13H,2-11H2,1H3,(H,16,18)/t12-,13-/m0/s1. The van der Waals surface area contributed by atoms with E-state index >= 15 is 0 Å². The van der Waals surface area contributed by atoms with Crippen molar-refractivity contribution in [3.05, 3.63) is 0 Å². The number of nitrogens with zero attached hydrogens (tertiary/aromatic N) is 1. The van der Waals surface area contributed by atoms with Crippen molar-refractivity contribution in [2.24, 2.45) is 0 Å². The molecule has 2 heterocycles. The van der Waals surface area contributed by atoms with Crippen LogP contribution in [0.3, 0.4) is 0 Å². The van der Waals surface area contributed by atoms with E-state index in [1.807, 2.05) is 11.8 Å². The average Bonchev–Trinajstić information content (AvgIpc) is 2.78. The molecule has 0 unspecified atom stereocenters. The summed E-state index contributed by atoms with van der Waals surface area (Å²) in [5.74, 6) is 0.143. The van der Waals surface area contributed by atoms with Crippen LogP contribution in [0.15, 0.2) is 0 Å². The molecule has 0 aliphatic carbocycles. The minimum absolute atomic E-state index is 0.0350. The average molecular weight is 298 g/mol. The molecule has 120 valence electrons. The molecule has 2 aliphatic rings. The number of amides is 2. The van der Waals surface area contributed by atoms with Crippen molar-refractivity contribution in [1.29, 1.82) is 0 Å². The Morgan fingerprint density at radius 2 is 2.24 bits per heavy atom. The molecule has 0 saturated carbocycles. The lowest BCUT2D eigenvalue weighted by Crippen LogP contribution is -2.45. The van der Waals surface area contributed by atoms with E-state index in [1.54, 1.807) is 0 Å². The van der Waals surface area contributed by atoms with Crippen LogP contribution in [0.5, 0.6) is 0 Å². The van der Waals surface area contributed by atoms with Gasteiger partial charge in [-0.1, -0.05) is 6.42 Å². The Bertz CT molecular complexity index is 362. The van der Waals surface area contributed by atoms with Gasteiger partial charge in [-0.05, 0) is 19.8 Å². The van der Waals surface area contributed by atoms with Crippen molar-refractivity contribution >= 4 is 11.8 Å². The zero-order valence-corrected chi connectivity index (χ0v) is 12.8. The second kappa shape index (κ2) is 8.34. The highest BCUT2D eigenvalue weighted by molar-refractivity contribution is 5.79. The lowest BCUT2D eigenvalue weighted by Gasteiger charge is -2.22. The summed E-state index contributed by atoms with van der Waals surface area (Å²) in [5.41, 5.74) is 0. The van der Waals surface area contributed by atoms with Gasteiger partial charge in [-0.15, -0.1) is 0 Å². The molecule has 2 aliphatic heterocycles. The molecule has 2 amide bonds. The molecule has 21 heavy (non-hydrogen) atoms. The Morgan fingerprint density at radius 1 is 1.38 bits per heavy atom. The van der Waals surface area contributed by atoms with Crippen LogP contribution in [-0.2, 0) is 19.1 Å². The van der Waals surface area contributed by atoms with E-state index in [4.69, 9.17) is 9.47 Å². The van der Waals surface area contributed by atoms with Crippen LogP contribution >= 0.6 is 0 Å². The van der Waals surface area contributed by atoms with Gasteiger partial charge in [-0.25, -0.2) is 0 Å². The van der Waals surface area contributed by atoms with Crippen LogP contribution in [0.25, 0.3) is 0 Å². The second-order valence-electron chi connectivity index (χ2n) is 5.65. The smallest absolute Gasteiger partial charge is 0.222 e. The van der Waals surface area contributed by atoms with Crippen molar-refractivity contribution in [2.75, 3.05) is 32.9 Å². The minimum atomic E-state index is -0.0720. The van der Waals surface area contributed by atoms with Gasteiger partial charge in [-0.2, -0.15) is 0 Å². The molecule has 0 aromatic heterocycles. The third kappa shape index (κ3) is 4.97. The summed E-state index contributed by atoms with van der Waals surface area (Å²) >= 11 is 0. The van der Waals surface area contributed by atoms with E-state index in [0.29, 0.717) is 39.2 Å². The van der Waals surface area contributed by atoms with E-state index in [-0.39, 0.29) is 24.0 Å². The predicted octanol–water partition coefficient (Wildman–Crippen LogP) is 0.699. The molecule has 2 fully saturated rings. The largest absolute Gasteiger partial charge is 0.376 e. The maximum Gasteiger partial charge on any atom is 0.222 e. The summed E-state index contributed by atoms with van der Waals surface area (Å²) in [6.07, 6.45) is 4.02. The van der Waals surface area contributed by atoms with Gasteiger partial charge in [0.1, 0.15) is 6.10 Å². The third-order valence-corrected chi connectivity index (χ3v) is 4.04. The highest BCUT2D eigenvalue weighted by Gasteiger charge is 2.30. The quantitative estimate of drug-likeness (QED) is 0.784. The molecule has 2 rings (SSSR count). The number of carbonyl (C=O) groups is 2. The number of nitrogens with one attached hydrogen (secondary N) is 1. The molecule has 1 N–H and O–H groups in total. The van der Waals surface area contributed by atoms with Crippen molar-refractivity contribution in [3.8, 4) is 0 Å². The topological polar surface area (TPSA) is 67.9 Å². The number of hydrogen-bond acceptors (Lipinski definition) is 4. The van der Waals surface area contributed by atoms with Crippen LogP contribution in [0.1, 0.15) is 39.0 Å². The first kappa shape index (κ1) is 16.2. The first-order chi connectivity index (χ1) is 10.2. The lowest BCUT2D eigenvalue weighted by atomic mass is 10.2. The molecule has 2 atom stereocenters. The number of likely N-dealkylation sites (tertiary alicyclic amines) is 1. The lowest BCUT2D eigenvalue weighted by molar-refractivity contribution is -0.131. The molecule has 0 spiro atoms. The van der Waals surface area contributed by atoms with E-state index < -0.39 is 0 Å². The van der Waals surface area contributed by atoms with Gasteiger partial charge in [0.05, 0.1) is 19.3 Å². The number of hydrogen-bond donors (Lipinski definition) is 1. The molecule has 6 heteroatoms. The monoisotopic (exact) mass is 298 g/mol. The maximum atomic E-state index is 12.0. The maximum absolute atomic E-state index is 12.0. The summed E-state index contributed by atoms with van der Waals surface area (Å²) < 4.78 is 10.9. The highest BCUT2D eigenvalue weighted by atomic mass is 16.5. The Labute approximate surface area is 126 Å². The summed E-state index contributed by atoms with van der Waals surface area (Å²) in [6.45, 7) is 4.87. The molecule has 0 radical (unpaired) electrons. The van der Waals surface area contributed by atoms with E-state index in [1.165, 1.54) is 0 Å². The van der Waals surface area contributed by atoms with Gasteiger partial charge in [-0.3, -0.25) is 9.59 Å². The zero-order chi connectivity index (χ0) is 15.1. The first-order valence-electron chi connectivity index (χ1n) is 7.97. The summed E-state index contributed by atoms with van der Waals surface area (Å²) in [7, 11) is 0. The van der Waals surface area contributed by atoms with Crippen LogP contribution in [0.2, 0.25) is 0 Å². The van der Waals surface area contributed by atoms with Crippen LogP contribution in [0.4, 0.5) is 0 Å². The molecular weight excluding hydrogens is 272 g/mol. The molecule has 0 aromatic carbocycles. The fourth-order valence-electron chi connectivity index (χ4n) is 2.84. The fourth-order valence-corrected chi connectivity index (χ4v) is 2.84. The van der Waals surface area contributed by atoms with E-state index in [9.17, 15) is 9.59 Å². The van der Waals surface area contributed by atoms with Crippen LogP contribution in [-0.4, -0.2) is 61.8 Å². The summed E-state index contributed by atoms with van der Waals surface area (Å²) in [5, 5.41) is 2.96. The Balaban J connectivity index is 1.72. The first-order valence-corrected chi connectivity index (χ1v) is 7.97.